The van der Waals surface area contributed by atoms with Crippen LogP contribution in [-0.2, 0) is 0 Å². The third-order valence-electron chi connectivity index (χ3n) is 5.75. The van der Waals surface area contributed by atoms with Gasteiger partial charge >= 0.3 is 0 Å². The molecule has 7 heteroatoms. The van der Waals surface area contributed by atoms with Crippen LogP contribution in [0.5, 0.6) is 0 Å². The van der Waals surface area contributed by atoms with Gasteiger partial charge in [0.25, 0.3) is 0 Å². The van der Waals surface area contributed by atoms with Crippen molar-refractivity contribution in [2.45, 2.75) is 12.8 Å². The van der Waals surface area contributed by atoms with Gasteiger partial charge in [0.1, 0.15) is 5.92 Å². The lowest BCUT2D eigenvalue weighted by atomic mass is 9.54. The Morgan fingerprint density at radius 1 is 1.26 bits per heavy atom. The minimum atomic E-state index is -1.76. The predicted octanol–water partition coefficient (Wildman–Crippen LogP) is 2.74. The molecule has 1 aromatic carbocycles. The quantitative estimate of drug-likeness (QED) is 0.748. The maximum absolute atomic E-state index is 10.0. The Labute approximate surface area is 168 Å². The van der Waals surface area contributed by atoms with E-state index in [4.69, 9.17) is 28.6 Å². The van der Waals surface area contributed by atoms with Crippen molar-refractivity contribution in [2.75, 3.05) is 19.6 Å². The van der Waals surface area contributed by atoms with Gasteiger partial charge in [-0.2, -0.15) is 15.8 Å². The number of quaternary nitrogens is 1. The van der Waals surface area contributed by atoms with E-state index in [-0.39, 0.29) is 11.6 Å². The molecule has 1 heterocycles. The molecular formula is C20H18Cl2N5+. The van der Waals surface area contributed by atoms with Gasteiger partial charge in [-0.05, 0) is 42.3 Å². The van der Waals surface area contributed by atoms with E-state index in [0.29, 0.717) is 22.2 Å². The van der Waals surface area contributed by atoms with Gasteiger partial charge in [0.15, 0.2) is 5.41 Å². The summed E-state index contributed by atoms with van der Waals surface area (Å²) in [6, 6.07) is 11.3. The standard InChI is InChI=1S/C20H17Cl2N5/c1-2-27-6-5-13-15(8-23)19(26)20(10-24,11-25)18(16(13)9-27)14-7-12(21)3-4-17(14)22/h3-5,7,15-16,18,26H,2,6,9H2,1H3/p+1/t15?,16-,18+/m1/s1. The summed E-state index contributed by atoms with van der Waals surface area (Å²) < 4.78 is 0. The van der Waals surface area contributed by atoms with Gasteiger partial charge in [-0.3, -0.25) is 0 Å². The van der Waals surface area contributed by atoms with Gasteiger partial charge in [0, 0.05) is 21.9 Å². The van der Waals surface area contributed by atoms with Gasteiger partial charge in [0.05, 0.1) is 43.6 Å². The van der Waals surface area contributed by atoms with Crippen LogP contribution >= 0.6 is 23.2 Å². The summed E-state index contributed by atoms with van der Waals surface area (Å²) in [5, 5.41) is 39.2. The molecule has 0 radical (unpaired) electrons. The summed E-state index contributed by atoms with van der Waals surface area (Å²) in [7, 11) is 0. The molecule has 1 fully saturated rings. The lowest BCUT2D eigenvalue weighted by Crippen LogP contribution is -3.13. The first-order valence-corrected chi connectivity index (χ1v) is 9.48. The van der Waals surface area contributed by atoms with Crippen LogP contribution in [0.1, 0.15) is 18.4 Å². The van der Waals surface area contributed by atoms with Crippen LogP contribution in [0.25, 0.3) is 0 Å². The smallest absolute Gasteiger partial charge is 0.190 e. The van der Waals surface area contributed by atoms with E-state index >= 15 is 0 Å². The molecule has 27 heavy (non-hydrogen) atoms. The van der Waals surface area contributed by atoms with E-state index in [9.17, 15) is 15.8 Å². The molecule has 1 saturated carbocycles. The van der Waals surface area contributed by atoms with Crippen molar-refractivity contribution in [2.24, 2.45) is 17.3 Å². The number of halogens is 2. The van der Waals surface area contributed by atoms with Gasteiger partial charge in [-0.15, -0.1) is 0 Å². The highest BCUT2D eigenvalue weighted by atomic mass is 35.5. The van der Waals surface area contributed by atoms with Crippen molar-refractivity contribution in [3.63, 3.8) is 0 Å². The topological polar surface area (TPSA) is 99.7 Å². The number of benzene rings is 1. The average molecular weight is 399 g/mol. The number of hydrogen-bond donors (Lipinski definition) is 2. The highest BCUT2D eigenvalue weighted by Crippen LogP contribution is 2.53. The minimum Gasteiger partial charge on any atom is -0.331 e. The predicted molar refractivity (Wildman–Crippen MR) is 103 cm³/mol. The summed E-state index contributed by atoms with van der Waals surface area (Å²) in [4.78, 5) is 1.29. The number of fused-ring (bicyclic) bond motifs is 1. The molecule has 0 bridgehead atoms. The summed E-state index contributed by atoms with van der Waals surface area (Å²) in [5.41, 5.74) is -0.519. The Balaban J connectivity index is 2.30. The van der Waals surface area contributed by atoms with Crippen molar-refractivity contribution in [3.8, 4) is 18.2 Å². The SMILES string of the molecule is CC[NH+]1CC=C2C(C#N)C(=N)C(C#N)(C#N)[C@@H](c3cc(Cl)ccc3Cl)[C@@H]2C1. The van der Waals surface area contributed by atoms with E-state index in [1.165, 1.54) is 4.90 Å². The Morgan fingerprint density at radius 2 is 1.96 bits per heavy atom. The number of nitrogens with one attached hydrogen (secondary N) is 2. The molecular weight excluding hydrogens is 381 g/mol. The number of nitriles is 3. The molecule has 0 spiro atoms. The lowest BCUT2D eigenvalue weighted by Gasteiger charge is -2.46. The zero-order chi connectivity index (χ0) is 19.8. The third-order valence-corrected chi connectivity index (χ3v) is 6.33. The van der Waals surface area contributed by atoms with E-state index in [1.54, 1.807) is 18.2 Å². The summed E-state index contributed by atoms with van der Waals surface area (Å²) in [6.45, 7) is 4.39. The largest absolute Gasteiger partial charge is 0.331 e. The van der Waals surface area contributed by atoms with Crippen LogP contribution in [0.4, 0.5) is 0 Å². The maximum atomic E-state index is 10.0. The normalized spacial score (nSPS) is 28.9. The molecule has 0 amide bonds. The lowest BCUT2D eigenvalue weighted by molar-refractivity contribution is -0.897. The molecule has 1 aliphatic heterocycles. The number of hydrogen-bond acceptors (Lipinski definition) is 4. The van der Waals surface area contributed by atoms with E-state index in [2.05, 4.69) is 25.1 Å². The van der Waals surface area contributed by atoms with Gasteiger partial charge in [-0.25, -0.2) is 0 Å². The zero-order valence-corrected chi connectivity index (χ0v) is 16.3. The summed E-state index contributed by atoms with van der Waals surface area (Å²) in [5.74, 6) is -1.74. The maximum Gasteiger partial charge on any atom is 0.190 e. The monoisotopic (exact) mass is 398 g/mol. The van der Waals surface area contributed by atoms with Crippen LogP contribution in [0.2, 0.25) is 10.0 Å². The van der Waals surface area contributed by atoms with Crippen LogP contribution in [0, 0.1) is 56.7 Å². The van der Waals surface area contributed by atoms with E-state index in [0.717, 1.165) is 18.7 Å². The van der Waals surface area contributed by atoms with Crippen molar-refractivity contribution in [1.29, 1.82) is 21.2 Å². The van der Waals surface area contributed by atoms with Gasteiger partial charge < -0.3 is 10.3 Å². The molecule has 5 nitrogen and oxygen atoms in total. The van der Waals surface area contributed by atoms with Gasteiger partial charge in [0.2, 0.25) is 0 Å². The van der Waals surface area contributed by atoms with Crippen LogP contribution in [0.15, 0.2) is 29.8 Å². The average Bonchev–Trinajstić information content (AvgIpc) is 2.69. The molecule has 2 aliphatic rings. The molecule has 2 N–H and O–H groups in total. The molecule has 4 atom stereocenters. The van der Waals surface area contributed by atoms with Crippen molar-refractivity contribution < 1.29 is 4.90 Å². The highest BCUT2D eigenvalue weighted by Gasteiger charge is 2.59. The molecule has 2 unspecified atom stereocenters. The fraction of sp³-hybridized carbons (Fsp3) is 0.400. The first-order chi connectivity index (χ1) is 12.9. The Morgan fingerprint density at radius 3 is 2.56 bits per heavy atom. The zero-order valence-electron chi connectivity index (χ0n) is 14.8. The third kappa shape index (κ3) is 2.91. The molecule has 1 aromatic rings. The molecule has 3 rings (SSSR count). The molecule has 0 aromatic heterocycles. The van der Waals surface area contributed by atoms with Crippen molar-refractivity contribution in [1.82, 2.24) is 0 Å². The Hall–Kier alpha value is -2.36. The highest BCUT2D eigenvalue weighted by molar-refractivity contribution is 6.33. The van der Waals surface area contributed by atoms with Crippen molar-refractivity contribution >= 4 is 28.9 Å². The van der Waals surface area contributed by atoms with Crippen LogP contribution < -0.4 is 4.90 Å². The van der Waals surface area contributed by atoms with Gasteiger partial charge in [-0.1, -0.05) is 23.2 Å². The minimum absolute atomic E-state index is 0.168. The van der Waals surface area contributed by atoms with Crippen LogP contribution in [-0.4, -0.2) is 25.3 Å². The molecule has 1 aliphatic carbocycles. The second-order valence-electron chi connectivity index (χ2n) is 6.97. The van der Waals surface area contributed by atoms with Crippen LogP contribution in [0.3, 0.4) is 0 Å². The second-order valence-corrected chi connectivity index (χ2v) is 7.82. The van der Waals surface area contributed by atoms with E-state index < -0.39 is 17.3 Å². The van der Waals surface area contributed by atoms with Crippen molar-refractivity contribution in [3.05, 3.63) is 45.5 Å². The fourth-order valence-electron chi connectivity index (χ4n) is 4.35. The molecule has 136 valence electrons. The Bertz CT molecular complexity index is 933. The number of rotatable bonds is 2. The number of nitrogens with zero attached hydrogens (tertiary/aromatic N) is 3. The number of likely N-dealkylation sites (N-methyl/N-ethyl adjacent to an activating group) is 1. The van der Waals surface area contributed by atoms with E-state index in [1.807, 2.05) is 6.08 Å². The summed E-state index contributed by atoms with van der Waals surface area (Å²) >= 11 is 12.6. The fourth-order valence-corrected chi connectivity index (χ4v) is 4.76. The Kier molecular flexibility index (Phi) is 5.27. The summed E-state index contributed by atoms with van der Waals surface area (Å²) in [6.07, 6.45) is 2.00. The first-order valence-electron chi connectivity index (χ1n) is 8.73. The first kappa shape index (κ1) is 19.4. The second kappa shape index (κ2) is 7.34. The molecule has 0 saturated heterocycles.